The van der Waals surface area contributed by atoms with Crippen LogP contribution in [-0.4, -0.2) is 35.5 Å². The summed E-state index contributed by atoms with van der Waals surface area (Å²) in [6.07, 6.45) is 4.66. The highest BCUT2D eigenvalue weighted by Gasteiger charge is 2.16. The van der Waals surface area contributed by atoms with Crippen molar-refractivity contribution in [3.63, 3.8) is 0 Å². The number of pyridine rings is 1. The molecule has 3 heterocycles. The summed E-state index contributed by atoms with van der Waals surface area (Å²) in [5.41, 5.74) is 4.48. The van der Waals surface area contributed by atoms with E-state index in [1.165, 1.54) is 11.3 Å². The number of aryl methyl sites for hydroxylation is 1. The SMILES string of the molecule is Cc1ccc(C(=O)NCC2CCNC2)cc1Nc1nc(-c2cccnc2)cs1. The van der Waals surface area contributed by atoms with Gasteiger partial charge in [-0.15, -0.1) is 11.3 Å². The van der Waals surface area contributed by atoms with Gasteiger partial charge in [-0.1, -0.05) is 6.07 Å². The number of hydrogen-bond donors (Lipinski definition) is 3. The van der Waals surface area contributed by atoms with E-state index in [9.17, 15) is 4.79 Å². The van der Waals surface area contributed by atoms with Crippen LogP contribution in [0.2, 0.25) is 0 Å². The van der Waals surface area contributed by atoms with Gasteiger partial charge in [0.15, 0.2) is 5.13 Å². The monoisotopic (exact) mass is 393 g/mol. The van der Waals surface area contributed by atoms with Gasteiger partial charge in [-0.3, -0.25) is 9.78 Å². The lowest BCUT2D eigenvalue weighted by molar-refractivity contribution is 0.0948. The highest BCUT2D eigenvalue weighted by molar-refractivity contribution is 7.14. The second kappa shape index (κ2) is 8.50. The zero-order valence-corrected chi connectivity index (χ0v) is 16.6. The summed E-state index contributed by atoms with van der Waals surface area (Å²) in [7, 11) is 0. The Morgan fingerprint density at radius 2 is 2.29 bits per heavy atom. The number of thiazole rings is 1. The van der Waals surface area contributed by atoms with E-state index in [2.05, 4.69) is 25.9 Å². The van der Waals surface area contributed by atoms with Crippen molar-refractivity contribution in [1.29, 1.82) is 0 Å². The molecule has 1 unspecified atom stereocenters. The Morgan fingerprint density at radius 3 is 3.07 bits per heavy atom. The molecule has 28 heavy (non-hydrogen) atoms. The third-order valence-corrected chi connectivity index (χ3v) is 5.67. The van der Waals surface area contributed by atoms with E-state index in [1.807, 2.05) is 42.6 Å². The summed E-state index contributed by atoms with van der Waals surface area (Å²) in [5, 5.41) is 12.5. The van der Waals surface area contributed by atoms with Crippen molar-refractivity contribution in [2.24, 2.45) is 5.92 Å². The second-order valence-electron chi connectivity index (χ2n) is 7.00. The summed E-state index contributed by atoms with van der Waals surface area (Å²) < 4.78 is 0. The molecule has 0 bridgehead atoms. The fourth-order valence-corrected chi connectivity index (χ4v) is 3.95. The van der Waals surface area contributed by atoms with Crippen LogP contribution in [0.3, 0.4) is 0 Å². The topological polar surface area (TPSA) is 78.9 Å². The molecular weight excluding hydrogens is 370 g/mol. The standard InChI is InChI=1S/C21H23N5OS/c1-14-4-5-16(20(27)24-11-15-6-8-23-10-15)9-18(14)25-21-26-19(13-28-21)17-3-2-7-22-12-17/h2-5,7,9,12-13,15,23H,6,8,10-11H2,1H3,(H,24,27)(H,25,26). The van der Waals surface area contributed by atoms with E-state index in [4.69, 9.17) is 0 Å². The normalized spacial score (nSPS) is 16.1. The fraction of sp³-hybridized carbons (Fsp3) is 0.286. The Labute approximate surface area is 168 Å². The lowest BCUT2D eigenvalue weighted by Crippen LogP contribution is -2.30. The molecule has 0 aliphatic carbocycles. The van der Waals surface area contributed by atoms with E-state index >= 15 is 0 Å². The summed E-state index contributed by atoms with van der Waals surface area (Å²) in [4.78, 5) is 21.3. The first-order chi connectivity index (χ1) is 13.7. The number of rotatable bonds is 6. The molecule has 1 atom stereocenters. The van der Waals surface area contributed by atoms with E-state index in [0.29, 0.717) is 18.0 Å². The number of nitrogens with one attached hydrogen (secondary N) is 3. The minimum absolute atomic E-state index is 0.0369. The minimum Gasteiger partial charge on any atom is -0.352 e. The molecule has 4 rings (SSSR count). The van der Waals surface area contributed by atoms with Crippen molar-refractivity contribution in [1.82, 2.24) is 20.6 Å². The quantitative estimate of drug-likeness (QED) is 0.596. The van der Waals surface area contributed by atoms with E-state index < -0.39 is 0 Å². The van der Waals surface area contributed by atoms with Gasteiger partial charge in [0.05, 0.1) is 5.69 Å². The van der Waals surface area contributed by atoms with Gasteiger partial charge in [0, 0.05) is 41.1 Å². The average Bonchev–Trinajstić information content (AvgIpc) is 3.40. The molecule has 1 aliphatic rings. The summed E-state index contributed by atoms with van der Waals surface area (Å²) >= 11 is 1.53. The summed E-state index contributed by atoms with van der Waals surface area (Å²) in [6.45, 7) is 4.74. The van der Waals surface area contributed by atoms with Crippen LogP contribution in [0.15, 0.2) is 48.1 Å². The number of benzene rings is 1. The van der Waals surface area contributed by atoms with Crippen molar-refractivity contribution in [3.05, 3.63) is 59.2 Å². The molecule has 1 amide bonds. The first-order valence-electron chi connectivity index (χ1n) is 9.41. The smallest absolute Gasteiger partial charge is 0.251 e. The van der Waals surface area contributed by atoms with Gasteiger partial charge < -0.3 is 16.0 Å². The molecule has 0 saturated carbocycles. The van der Waals surface area contributed by atoms with Crippen LogP contribution >= 0.6 is 11.3 Å². The van der Waals surface area contributed by atoms with E-state index in [-0.39, 0.29) is 5.91 Å². The van der Waals surface area contributed by atoms with Crippen molar-refractivity contribution < 1.29 is 4.79 Å². The molecule has 144 valence electrons. The minimum atomic E-state index is -0.0369. The lowest BCUT2D eigenvalue weighted by Gasteiger charge is -2.12. The largest absolute Gasteiger partial charge is 0.352 e. The van der Waals surface area contributed by atoms with Gasteiger partial charge in [-0.25, -0.2) is 4.98 Å². The molecule has 0 spiro atoms. The molecule has 3 N–H and O–H groups in total. The summed E-state index contributed by atoms with van der Waals surface area (Å²) in [5.74, 6) is 0.485. The van der Waals surface area contributed by atoms with Gasteiger partial charge in [0.2, 0.25) is 0 Å². The lowest BCUT2D eigenvalue weighted by atomic mass is 10.1. The number of carbonyl (C=O) groups excluding carboxylic acids is 1. The predicted octanol–water partition coefficient (Wildman–Crippen LogP) is 3.60. The van der Waals surface area contributed by atoms with Crippen LogP contribution in [0.5, 0.6) is 0 Å². The van der Waals surface area contributed by atoms with Gasteiger partial charge in [0.25, 0.3) is 5.91 Å². The molecule has 1 fully saturated rings. The first-order valence-corrected chi connectivity index (χ1v) is 10.3. The Morgan fingerprint density at radius 1 is 1.36 bits per heavy atom. The Hall–Kier alpha value is -2.77. The van der Waals surface area contributed by atoms with Gasteiger partial charge in [-0.05, 0) is 62.2 Å². The molecule has 2 aromatic heterocycles. The first kappa shape index (κ1) is 18.6. The van der Waals surface area contributed by atoms with Crippen molar-refractivity contribution in [3.8, 4) is 11.3 Å². The number of nitrogens with zero attached hydrogens (tertiary/aromatic N) is 2. The summed E-state index contributed by atoms with van der Waals surface area (Å²) in [6, 6.07) is 9.61. The van der Waals surface area contributed by atoms with Crippen LogP contribution in [0.25, 0.3) is 11.3 Å². The Kier molecular flexibility index (Phi) is 5.64. The van der Waals surface area contributed by atoms with Gasteiger partial charge >= 0.3 is 0 Å². The third-order valence-electron chi connectivity index (χ3n) is 4.92. The number of hydrogen-bond acceptors (Lipinski definition) is 6. The average molecular weight is 394 g/mol. The zero-order valence-electron chi connectivity index (χ0n) is 15.7. The Bertz CT molecular complexity index is 950. The van der Waals surface area contributed by atoms with Crippen LogP contribution in [-0.2, 0) is 0 Å². The number of aromatic nitrogens is 2. The maximum atomic E-state index is 12.5. The zero-order chi connectivity index (χ0) is 19.3. The fourth-order valence-electron chi connectivity index (χ4n) is 3.22. The number of carbonyl (C=O) groups is 1. The molecule has 7 heteroatoms. The molecular formula is C21H23N5OS. The van der Waals surface area contributed by atoms with Gasteiger partial charge in [-0.2, -0.15) is 0 Å². The highest BCUT2D eigenvalue weighted by Crippen LogP contribution is 2.28. The van der Waals surface area contributed by atoms with E-state index in [1.54, 1.807) is 12.4 Å². The van der Waals surface area contributed by atoms with Crippen molar-refractivity contribution >= 4 is 28.1 Å². The van der Waals surface area contributed by atoms with Gasteiger partial charge in [0.1, 0.15) is 0 Å². The second-order valence-corrected chi connectivity index (χ2v) is 7.86. The highest BCUT2D eigenvalue weighted by atomic mass is 32.1. The predicted molar refractivity (Wildman–Crippen MR) is 113 cm³/mol. The number of anilines is 2. The number of amides is 1. The molecule has 3 aromatic rings. The van der Waals surface area contributed by atoms with E-state index in [0.717, 1.165) is 47.2 Å². The van der Waals surface area contributed by atoms with Crippen LogP contribution in [0.1, 0.15) is 22.3 Å². The van der Waals surface area contributed by atoms with Crippen LogP contribution < -0.4 is 16.0 Å². The molecule has 1 aromatic carbocycles. The molecule has 1 aliphatic heterocycles. The molecule has 0 radical (unpaired) electrons. The van der Waals surface area contributed by atoms with Crippen LogP contribution in [0, 0.1) is 12.8 Å². The van der Waals surface area contributed by atoms with Crippen molar-refractivity contribution in [2.75, 3.05) is 25.0 Å². The maximum Gasteiger partial charge on any atom is 0.251 e. The third kappa shape index (κ3) is 4.37. The van der Waals surface area contributed by atoms with Crippen LogP contribution in [0.4, 0.5) is 10.8 Å². The van der Waals surface area contributed by atoms with Crippen molar-refractivity contribution in [2.45, 2.75) is 13.3 Å². The molecule has 1 saturated heterocycles. The Balaban J connectivity index is 1.45. The molecule has 6 nitrogen and oxygen atoms in total. The maximum absolute atomic E-state index is 12.5.